The Hall–Kier alpha value is -2.43. The molecule has 1 aromatic carbocycles. The Labute approximate surface area is 148 Å². The fraction of sp³-hybridized carbons (Fsp3) is 0.200. The second-order valence-corrected chi connectivity index (χ2v) is 7.98. The number of amides is 2. The Morgan fingerprint density at radius 2 is 1.96 bits per heavy atom. The molecule has 0 atom stereocenters. The first-order chi connectivity index (χ1) is 11.8. The molecule has 0 aliphatic rings. The molecule has 2 aromatic rings. The van der Waals surface area contributed by atoms with Crippen LogP contribution in [0.4, 0.5) is 10.5 Å². The van der Waals surface area contributed by atoms with Gasteiger partial charge in [0.1, 0.15) is 10.8 Å². The highest BCUT2D eigenvalue weighted by Gasteiger charge is 2.18. The van der Waals surface area contributed by atoms with Crippen molar-refractivity contribution in [1.29, 1.82) is 0 Å². The van der Waals surface area contributed by atoms with Gasteiger partial charge in [-0.15, -0.1) is 11.3 Å². The largest absolute Gasteiger partial charge is 0.480 e. The normalized spacial score (nSPS) is 11.1. The van der Waals surface area contributed by atoms with Gasteiger partial charge >= 0.3 is 12.0 Å². The Kier molecular flexibility index (Phi) is 6.12. The second-order valence-electron chi connectivity index (χ2n) is 4.90. The highest BCUT2D eigenvalue weighted by molar-refractivity contribution is 7.91. The van der Waals surface area contributed by atoms with Crippen molar-refractivity contribution in [1.82, 2.24) is 10.0 Å². The van der Waals surface area contributed by atoms with Crippen molar-refractivity contribution < 1.29 is 23.1 Å². The molecule has 2 amide bonds. The molecule has 0 saturated heterocycles. The number of carbonyl (C=O) groups is 2. The topological polar surface area (TPSA) is 125 Å². The number of carboxylic acid groups (broad SMARTS) is 1. The van der Waals surface area contributed by atoms with E-state index < -0.39 is 22.5 Å². The van der Waals surface area contributed by atoms with Crippen LogP contribution < -0.4 is 15.4 Å². The lowest BCUT2D eigenvalue weighted by atomic mass is 10.1. The zero-order chi connectivity index (χ0) is 18.4. The van der Waals surface area contributed by atoms with Crippen LogP contribution in [0.15, 0.2) is 40.6 Å². The van der Waals surface area contributed by atoms with Gasteiger partial charge in [-0.2, -0.15) is 4.72 Å². The van der Waals surface area contributed by atoms with Crippen LogP contribution in [0.3, 0.4) is 0 Å². The average molecular weight is 383 g/mol. The number of urea groups is 1. The van der Waals surface area contributed by atoms with Crippen LogP contribution >= 0.6 is 11.3 Å². The Morgan fingerprint density at radius 3 is 2.64 bits per heavy atom. The highest BCUT2D eigenvalue weighted by atomic mass is 32.2. The fourth-order valence-corrected chi connectivity index (χ4v) is 4.26. The maximum absolute atomic E-state index is 12.0. The number of benzene rings is 1. The van der Waals surface area contributed by atoms with Gasteiger partial charge in [0.25, 0.3) is 10.0 Å². The second kappa shape index (κ2) is 8.10. The van der Waals surface area contributed by atoms with Crippen LogP contribution in [-0.4, -0.2) is 38.6 Å². The molecule has 25 heavy (non-hydrogen) atoms. The predicted molar refractivity (Wildman–Crippen MR) is 95.3 cm³/mol. The molecule has 0 unspecified atom stereocenters. The number of hydrogen-bond donors (Lipinski definition) is 4. The summed E-state index contributed by atoms with van der Waals surface area (Å²) in [7, 11) is -3.87. The van der Waals surface area contributed by atoms with E-state index in [4.69, 9.17) is 5.11 Å². The van der Waals surface area contributed by atoms with E-state index in [-0.39, 0.29) is 10.2 Å². The third kappa shape index (κ3) is 5.28. The molecule has 0 bridgehead atoms. The van der Waals surface area contributed by atoms with Crippen LogP contribution in [0.5, 0.6) is 0 Å². The van der Waals surface area contributed by atoms with Crippen molar-refractivity contribution in [3.63, 3.8) is 0 Å². The van der Waals surface area contributed by atoms with E-state index in [1.807, 2.05) is 11.6 Å². The van der Waals surface area contributed by atoms with Crippen molar-refractivity contribution in [3.05, 3.63) is 36.4 Å². The van der Waals surface area contributed by atoms with Crippen molar-refractivity contribution in [2.24, 2.45) is 0 Å². The van der Waals surface area contributed by atoms with Crippen LogP contribution in [0.25, 0.3) is 10.4 Å². The number of hydrogen-bond acceptors (Lipinski definition) is 5. The molecule has 134 valence electrons. The SMILES string of the molecule is CCNC(=O)Nc1cccc(-c2ccc(S(=O)(=O)NCC(=O)O)s2)c1. The zero-order valence-electron chi connectivity index (χ0n) is 13.3. The van der Waals surface area contributed by atoms with Gasteiger partial charge in [-0.25, -0.2) is 13.2 Å². The lowest BCUT2D eigenvalue weighted by Crippen LogP contribution is -2.28. The van der Waals surface area contributed by atoms with E-state index in [9.17, 15) is 18.0 Å². The molecule has 0 aliphatic carbocycles. The number of anilines is 1. The maximum atomic E-state index is 12.0. The van der Waals surface area contributed by atoms with Crippen LogP contribution in [-0.2, 0) is 14.8 Å². The molecule has 4 N–H and O–H groups in total. The van der Waals surface area contributed by atoms with Gasteiger partial charge in [0.05, 0.1) is 0 Å². The minimum Gasteiger partial charge on any atom is -0.480 e. The van der Waals surface area contributed by atoms with Gasteiger partial charge < -0.3 is 15.7 Å². The van der Waals surface area contributed by atoms with Crippen molar-refractivity contribution >= 4 is 39.0 Å². The summed E-state index contributed by atoms with van der Waals surface area (Å²) in [6.07, 6.45) is 0. The summed E-state index contributed by atoms with van der Waals surface area (Å²) in [4.78, 5) is 22.8. The number of carbonyl (C=O) groups excluding carboxylic acids is 1. The van der Waals surface area contributed by atoms with Crippen LogP contribution in [0, 0.1) is 0 Å². The summed E-state index contributed by atoms with van der Waals surface area (Å²) in [5.41, 5.74) is 1.31. The van der Waals surface area contributed by atoms with Crippen LogP contribution in [0.1, 0.15) is 6.92 Å². The standard InChI is InChI=1S/C15H17N3O5S2/c1-2-16-15(21)18-11-5-3-4-10(8-11)12-6-7-14(24-12)25(22,23)17-9-13(19)20/h3-8,17H,2,9H2,1H3,(H,19,20)(H2,16,18,21). The Balaban J connectivity index is 2.19. The molecule has 0 spiro atoms. The molecule has 0 fully saturated rings. The summed E-state index contributed by atoms with van der Waals surface area (Å²) in [5, 5.41) is 13.9. The minimum atomic E-state index is -3.87. The van der Waals surface area contributed by atoms with Crippen LogP contribution in [0.2, 0.25) is 0 Å². The molecule has 0 radical (unpaired) electrons. The fourth-order valence-electron chi connectivity index (χ4n) is 1.93. The first-order valence-electron chi connectivity index (χ1n) is 7.28. The molecule has 0 saturated carbocycles. The molecular weight excluding hydrogens is 366 g/mol. The summed E-state index contributed by atoms with van der Waals surface area (Å²) in [5.74, 6) is -1.26. The van der Waals surface area contributed by atoms with E-state index in [2.05, 4.69) is 10.6 Å². The molecular formula is C15H17N3O5S2. The van der Waals surface area contributed by atoms with Gasteiger partial charge in [0.15, 0.2) is 0 Å². The first kappa shape index (κ1) is 18.9. The van der Waals surface area contributed by atoms with Gasteiger partial charge in [-0.3, -0.25) is 4.79 Å². The van der Waals surface area contributed by atoms with Crippen molar-refractivity contribution in [3.8, 4) is 10.4 Å². The quantitative estimate of drug-likeness (QED) is 0.581. The van der Waals surface area contributed by atoms with E-state index in [0.29, 0.717) is 17.1 Å². The first-order valence-corrected chi connectivity index (χ1v) is 9.58. The van der Waals surface area contributed by atoms with Gasteiger partial charge in [-0.05, 0) is 36.8 Å². The average Bonchev–Trinajstić information content (AvgIpc) is 3.04. The Bertz CT molecular complexity index is 877. The van der Waals surface area contributed by atoms with E-state index >= 15 is 0 Å². The number of sulfonamides is 1. The molecule has 10 heteroatoms. The number of nitrogens with one attached hydrogen (secondary N) is 3. The third-order valence-corrected chi connectivity index (χ3v) is 6.03. The number of rotatable bonds is 7. The maximum Gasteiger partial charge on any atom is 0.319 e. The molecule has 2 rings (SSSR count). The van der Waals surface area contributed by atoms with Crippen molar-refractivity contribution in [2.75, 3.05) is 18.4 Å². The van der Waals surface area contributed by atoms with E-state index in [0.717, 1.165) is 16.9 Å². The zero-order valence-corrected chi connectivity index (χ0v) is 14.9. The summed E-state index contributed by atoms with van der Waals surface area (Å²) in [6, 6.07) is 9.69. The van der Waals surface area contributed by atoms with E-state index in [1.165, 1.54) is 6.07 Å². The Morgan fingerprint density at radius 1 is 1.20 bits per heavy atom. The molecule has 8 nitrogen and oxygen atoms in total. The van der Waals surface area contributed by atoms with Gasteiger partial charge in [0, 0.05) is 17.1 Å². The molecule has 0 aliphatic heterocycles. The predicted octanol–water partition coefficient (Wildman–Crippen LogP) is 1.92. The lowest BCUT2D eigenvalue weighted by Gasteiger charge is -2.07. The molecule has 1 heterocycles. The third-order valence-electron chi connectivity index (χ3n) is 3.00. The smallest absolute Gasteiger partial charge is 0.319 e. The number of aliphatic carboxylic acids is 1. The summed E-state index contributed by atoms with van der Waals surface area (Å²) >= 11 is 1.01. The van der Waals surface area contributed by atoms with Gasteiger partial charge in [0.2, 0.25) is 0 Å². The monoisotopic (exact) mass is 383 g/mol. The summed E-state index contributed by atoms with van der Waals surface area (Å²) in [6.45, 7) is 1.63. The number of thiophene rings is 1. The lowest BCUT2D eigenvalue weighted by molar-refractivity contribution is -0.135. The van der Waals surface area contributed by atoms with E-state index in [1.54, 1.807) is 30.3 Å². The molecule has 1 aromatic heterocycles. The van der Waals surface area contributed by atoms with Gasteiger partial charge in [-0.1, -0.05) is 12.1 Å². The number of carboxylic acids is 1. The highest BCUT2D eigenvalue weighted by Crippen LogP contribution is 2.31. The van der Waals surface area contributed by atoms with Crippen molar-refractivity contribution in [2.45, 2.75) is 11.1 Å². The summed E-state index contributed by atoms with van der Waals surface area (Å²) < 4.78 is 26.1. The minimum absolute atomic E-state index is 0.0193.